The average Bonchev–Trinajstić information content (AvgIpc) is 2.67. The van der Waals surface area contributed by atoms with Crippen LogP contribution in [0.5, 0.6) is 0 Å². The van der Waals surface area contributed by atoms with E-state index >= 15 is 0 Å². The van der Waals surface area contributed by atoms with E-state index in [0.29, 0.717) is 0 Å². The fourth-order valence-electron chi connectivity index (χ4n) is 2.45. The van der Waals surface area contributed by atoms with Crippen LogP contribution in [0.25, 0.3) is 0 Å². The third-order valence-electron chi connectivity index (χ3n) is 3.36. The highest BCUT2D eigenvalue weighted by Gasteiger charge is 2.18. The second-order valence-corrected chi connectivity index (χ2v) is 4.80. The summed E-state index contributed by atoms with van der Waals surface area (Å²) in [7, 11) is 4.02. The molecule has 0 aromatic carbocycles. The van der Waals surface area contributed by atoms with E-state index in [2.05, 4.69) is 21.5 Å². The van der Waals surface area contributed by atoms with Gasteiger partial charge < -0.3 is 5.32 Å². The van der Waals surface area contributed by atoms with Gasteiger partial charge in [-0.3, -0.25) is 9.58 Å². The molecular weight excluding hydrogens is 200 g/mol. The van der Waals surface area contributed by atoms with Crippen molar-refractivity contribution in [3.05, 3.63) is 18.0 Å². The summed E-state index contributed by atoms with van der Waals surface area (Å²) >= 11 is 0. The molecule has 1 N–H and O–H groups in total. The van der Waals surface area contributed by atoms with Crippen LogP contribution < -0.4 is 5.32 Å². The van der Waals surface area contributed by atoms with Crippen LogP contribution in [0.15, 0.2) is 12.4 Å². The van der Waals surface area contributed by atoms with Crippen molar-refractivity contribution in [1.82, 2.24) is 20.0 Å². The van der Waals surface area contributed by atoms with Crippen LogP contribution in [0.4, 0.5) is 0 Å². The Bertz CT molecular complexity index is 313. The molecule has 1 aliphatic rings. The molecule has 0 radical (unpaired) electrons. The van der Waals surface area contributed by atoms with Gasteiger partial charge in [-0.1, -0.05) is 0 Å². The molecule has 4 heteroatoms. The molecule has 1 saturated heterocycles. The smallest absolute Gasteiger partial charge is 0.0534 e. The predicted molar refractivity (Wildman–Crippen MR) is 65.1 cm³/mol. The second kappa shape index (κ2) is 5.46. The van der Waals surface area contributed by atoms with Gasteiger partial charge in [0.1, 0.15) is 0 Å². The fourth-order valence-corrected chi connectivity index (χ4v) is 2.45. The molecule has 90 valence electrons. The third-order valence-corrected chi connectivity index (χ3v) is 3.36. The van der Waals surface area contributed by atoms with E-state index in [1.807, 2.05) is 25.0 Å². The number of rotatable bonds is 4. The molecular formula is C12H22N4. The van der Waals surface area contributed by atoms with Crippen LogP contribution in [0, 0.1) is 5.92 Å². The van der Waals surface area contributed by atoms with Crippen molar-refractivity contribution in [3.8, 4) is 0 Å². The zero-order chi connectivity index (χ0) is 11.4. The maximum atomic E-state index is 4.21. The number of piperidine rings is 1. The highest BCUT2D eigenvalue weighted by molar-refractivity contribution is 5.03. The number of hydrogen-bond donors (Lipinski definition) is 1. The first-order chi connectivity index (χ1) is 7.78. The Balaban J connectivity index is 1.77. The third kappa shape index (κ3) is 3.06. The molecule has 0 aliphatic carbocycles. The van der Waals surface area contributed by atoms with E-state index < -0.39 is 0 Å². The lowest BCUT2D eigenvalue weighted by Gasteiger charge is -2.31. The summed E-state index contributed by atoms with van der Waals surface area (Å²) < 4.78 is 1.88. The van der Waals surface area contributed by atoms with Crippen LogP contribution >= 0.6 is 0 Å². The van der Waals surface area contributed by atoms with Gasteiger partial charge in [-0.05, 0) is 45.4 Å². The standard InChI is InChI=1S/C12H22N4/c1-13-7-11-3-5-16(6-4-11)10-12-8-14-15(2)9-12/h8-9,11,13H,3-7,10H2,1-2H3. The summed E-state index contributed by atoms with van der Waals surface area (Å²) in [6.07, 6.45) is 6.72. The van der Waals surface area contributed by atoms with Crippen molar-refractivity contribution in [3.63, 3.8) is 0 Å². The van der Waals surface area contributed by atoms with Gasteiger partial charge >= 0.3 is 0 Å². The molecule has 0 spiro atoms. The number of nitrogens with one attached hydrogen (secondary N) is 1. The Morgan fingerprint density at radius 1 is 1.44 bits per heavy atom. The number of aromatic nitrogens is 2. The highest BCUT2D eigenvalue weighted by atomic mass is 15.2. The van der Waals surface area contributed by atoms with E-state index in [4.69, 9.17) is 0 Å². The summed E-state index contributed by atoms with van der Waals surface area (Å²) in [4.78, 5) is 2.53. The molecule has 1 aliphatic heterocycles. The molecule has 0 bridgehead atoms. The minimum Gasteiger partial charge on any atom is -0.319 e. The Morgan fingerprint density at radius 3 is 2.75 bits per heavy atom. The zero-order valence-corrected chi connectivity index (χ0v) is 10.3. The van der Waals surface area contributed by atoms with E-state index in [1.165, 1.54) is 38.0 Å². The van der Waals surface area contributed by atoms with Crippen molar-refractivity contribution >= 4 is 0 Å². The molecule has 2 rings (SSSR count). The van der Waals surface area contributed by atoms with E-state index in [0.717, 1.165) is 12.5 Å². The Hall–Kier alpha value is -0.870. The number of hydrogen-bond acceptors (Lipinski definition) is 3. The van der Waals surface area contributed by atoms with Gasteiger partial charge in [0, 0.05) is 25.4 Å². The zero-order valence-electron chi connectivity index (χ0n) is 10.3. The maximum Gasteiger partial charge on any atom is 0.0534 e. The number of likely N-dealkylation sites (tertiary alicyclic amines) is 1. The monoisotopic (exact) mass is 222 g/mol. The molecule has 0 unspecified atom stereocenters. The lowest BCUT2D eigenvalue weighted by atomic mass is 9.97. The van der Waals surface area contributed by atoms with Crippen LogP contribution in [0.2, 0.25) is 0 Å². The van der Waals surface area contributed by atoms with Gasteiger partial charge in [-0.15, -0.1) is 0 Å². The van der Waals surface area contributed by atoms with Gasteiger partial charge in [0.25, 0.3) is 0 Å². The Labute approximate surface area is 97.6 Å². The summed E-state index contributed by atoms with van der Waals surface area (Å²) in [5.74, 6) is 0.871. The lowest BCUT2D eigenvalue weighted by molar-refractivity contribution is 0.177. The molecule has 1 fully saturated rings. The number of nitrogens with zero attached hydrogens (tertiary/aromatic N) is 3. The van der Waals surface area contributed by atoms with Crippen LogP contribution in [0.1, 0.15) is 18.4 Å². The molecule has 1 aromatic heterocycles. The van der Waals surface area contributed by atoms with Crippen molar-refractivity contribution in [1.29, 1.82) is 0 Å². The summed E-state index contributed by atoms with van der Waals surface area (Å²) in [5, 5.41) is 7.48. The average molecular weight is 222 g/mol. The van der Waals surface area contributed by atoms with Crippen LogP contribution in [-0.4, -0.2) is 41.4 Å². The molecule has 1 aromatic rings. The minimum absolute atomic E-state index is 0.871. The van der Waals surface area contributed by atoms with Crippen LogP contribution in [-0.2, 0) is 13.6 Å². The molecule has 0 saturated carbocycles. The molecule has 0 amide bonds. The fraction of sp³-hybridized carbons (Fsp3) is 0.750. The quantitative estimate of drug-likeness (QED) is 0.820. The summed E-state index contributed by atoms with van der Waals surface area (Å²) in [6.45, 7) is 4.67. The Morgan fingerprint density at radius 2 is 2.19 bits per heavy atom. The first-order valence-corrected chi connectivity index (χ1v) is 6.12. The van der Waals surface area contributed by atoms with E-state index in [1.54, 1.807) is 0 Å². The Kier molecular flexibility index (Phi) is 3.96. The highest BCUT2D eigenvalue weighted by Crippen LogP contribution is 2.17. The van der Waals surface area contributed by atoms with Crippen molar-refractivity contribution in [2.45, 2.75) is 19.4 Å². The van der Waals surface area contributed by atoms with Crippen molar-refractivity contribution in [2.75, 3.05) is 26.7 Å². The van der Waals surface area contributed by atoms with Gasteiger partial charge in [-0.25, -0.2) is 0 Å². The predicted octanol–water partition coefficient (Wildman–Crippen LogP) is 0.851. The van der Waals surface area contributed by atoms with Gasteiger partial charge in [0.15, 0.2) is 0 Å². The van der Waals surface area contributed by atoms with Gasteiger partial charge in [0.05, 0.1) is 6.20 Å². The summed E-state index contributed by atoms with van der Waals surface area (Å²) in [6, 6.07) is 0. The first-order valence-electron chi connectivity index (χ1n) is 6.12. The van der Waals surface area contributed by atoms with Crippen molar-refractivity contribution in [2.24, 2.45) is 13.0 Å². The van der Waals surface area contributed by atoms with Crippen LogP contribution in [0.3, 0.4) is 0 Å². The van der Waals surface area contributed by atoms with Gasteiger partial charge in [0.2, 0.25) is 0 Å². The van der Waals surface area contributed by atoms with E-state index in [-0.39, 0.29) is 0 Å². The topological polar surface area (TPSA) is 33.1 Å². The molecule has 4 nitrogen and oxygen atoms in total. The van der Waals surface area contributed by atoms with E-state index in [9.17, 15) is 0 Å². The number of aryl methyl sites for hydroxylation is 1. The molecule has 0 atom stereocenters. The normalized spacial score (nSPS) is 19.1. The maximum absolute atomic E-state index is 4.21. The van der Waals surface area contributed by atoms with Crippen molar-refractivity contribution < 1.29 is 0 Å². The molecule has 2 heterocycles. The minimum atomic E-state index is 0.871. The van der Waals surface area contributed by atoms with Gasteiger partial charge in [-0.2, -0.15) is 5.10 Å². The summed E-state index contributed by atoms with van der Waals surface area (Å²) in [5.41, 5.74) is 1.33. The second-order valence-electron chi connectivity index (χ2n) is 4.80. The SMILES string of the molecule is CNCC1CCN(Cc2cnn(C)c2)CC1. The lowest BCUT2D eigenvalue weighted by Crippen LogP contribution is -2.36. The largest absolute Gasteiger partial charge is 0.319 e. The first kappa shape index (κ1) is 11.6. The molecule has 16 heavy (non-hydrogen) atoms.